The van der Waals surface area contributed by atoms with Gasteiger partial charge < -0.3 is 15.0 Å². The zero-order valence-corrected chi connectivity index (χ0v) is 15.2. The third-order valence-electron chi connectivity index (χ3n) is 5.89. The monoisotopic (exact) mass is 308 g/mol. The van der Waals surface area contributed by atoms with Crippen molar-refractivity contribution in [2.75, 3.05) is 13.7 Å². The average molecular weight is 308 g/mol. The normalized spacial score (nSPS) is 38.5. The summed E-state index contributed by atoms with van der Waals surface area (Å²) in [6.45, 7) is 14.1. The number of hydrogen-bond donors (Lipinski definition) is 1. The molecule has 0 radical (unpaired) electrons. The van der Waals surface area contributed by atoms with Crippen molar-refractivity contribution in [1.29, 1.82) is 0 Å². The zero-order valence-electron chi connectivity index (χ0n) is 15.2. The number of nitrogens with one attached hydrogen (secondary N) is 1. The summed E-state index contributed by atoms with van der Waals surface area (Å²) in [7, 11) is 1.78. The molecule has 0 aromatic carbocycles. The number of rotatable bonds is 4. The Morgan fingerprint density at radius 3 is 2.55 bits per heavy atom. The van der Waals surface area contributed by atoms with Gasteiger partial charge in [-0.1, -0.05) is 20.8 Å². The lowest BCUT2D eigenvalue weighted by Gasteiger charge is -2.62. The van der Waals surface area contributed by atoms with E-state index in [1.807, 2.05) is 6.34 Å². The van der Waals surface area contributed by atoms with Gasteiger partial charge in [0.15, 0.2) is 5.72 Å². The Morgan fingerprint density at radius 2 is 2.14 bits per heavy atom. The SMILES string of the molecule is CCNC1=NC(C)C(C)(OC)N(C2(C(C)C)CC[C@H]2C)C=N1. The quantitative estimate of drug-likeness (QED) is 0.869. The van der Waals surface area contributed by atoms with Gasteiger partial charge in [-0.05, 0) is 45.4 Å². The standard InChI is InChI=1S/C17H32N4O/c1-8-18-15-19-11-21(16(6,22-7)14(5)20-15)17(12(2)3)10-9-13(17)4/h11-14H,8-10H2,1-7H3,(H,18,20)/t13-,14?,16?,17?/m1/s1. The van der Waals surface area contributed by atoms with Gasteiger partial charge in [-0.25, -0.2) is 9.98 Å². The first kappa shape index (κ1) is 17.3. The summed E-state index contributed by atoms with van der Waals surface area (Å²) in [5.41, 5.74) is -0.390. The van der Waals surface area contributed by atoms with Crippen molar-refractivity contribution >= 4 is 12.3 Å². The number of nitrogens with zero attached hydrogens (tertiary/aromatic N) is 3. The summed E-state index contributed by atoms with van der Waals surface area (Å²) in [6.07, 6.45) is 4.40. The maximum Gasteiger partial charge on any atom is 0.219 e. The molecule has 0 aromatic rings. The maximum absolute atomic E-state index is 5.99. The molecule has 1 fully saturated rings. The molecule has 1 N–H and O–H groups in total. The summed E-state index contributed by atoms with van der Waals surface area (Å²) in [5, 5.41) is 3.24. The predicted octanol–water partition coefficient (Wildman–Crippen LogP) is 2.87. The van der Waals surface area contributed by atoms with E-state index in [9.17, 15) is 0 Å². The van der Waals surface area contributed by atoms with Crippen LogP contribution in [-0.2, 0) is 4.74 Å². The third kappa shape index (κ3) is 2.43. The zero-order chi connectivity index (χ0) is 16.5. The predicted molar refractivity (Wildman–Crippen MR) is 92.3 cm³/mol. The van der Waals surface area contributed by atoms with E-state index in [1.54, 1.807) is 7.11 Å². The molecular weight excluding hydrogens is 276 g/mol. The van der Waals surface area contributed by atoms with Crippen molar-refractivity contribution in [2.24, 2.45) is 21.8 Å². The van der Waals surface area contributed by atoms with Gasteiger partial charge >= 0.3 is 0 Å². The molecule has 0 saturated heterocycles. The molecule has 2 rings (SSSR count). The molecule has 1 aliphatic carbocycles. The van der Waals surface area contributed by atoms with Crippen molar-refractivity contribution in [1.82, 2.24) is 10.2 Å². The second kappa shape index (κ2) is 6.19. The molecule has 2 aliphatic rings. The molecule has 0 spiro atoms. The minimum atomic E-state index is -0.486. The highest BCUT2D eigenvalue weighted by atomic mass is 16.5. The van der Waals surface area contributed by atoms with Crippen LogP contribution in [0.4, 0.5) is 0 Å². The fourth-order valence-electron chi connectivity index (χ4n) is 4.03. The van der Waals surface area contributed by atoms with Crippen molar-refractivity contribution in [3.8, 4) is 0 Å². The molecule has 3 unspecified atom stereocenters. The Kier molecular flexibility index (Phi) is 4.85. The van der Waals surface area contributed by atoms with Gasteiger partial charge in [0.25, 0.3) is 0 Å². The Balaban J connectivity index is 2.46. The number of hydrogen-bond acceptors (Lipinski definition) is 5. The van der Waals surface area contributed by atoms with Crippen LogP contribution >= 0.6 is 0 Å². The second-order valence-corrected chi connectivity index (χ2v) is 7.12. The van der Waals surface area contributed by atoms with Gasteiger partial charge in [0.05, 0.1) is 12.4 Å². The van der Waals surface area contributed by atoms with Crippen molar-refractivity contribution in [3.05, 3.63) is 0 Å². The highest BCUT2D eigenvalue weighted by molar-refractivity contribution is 5.88. The topological polar surface area (TPSA) is 49.2 Å². The lowest BCUT2D eigenvalue weighted by atomic mass is 9.60. The van der Waals surface area contributed by atoms with E-state index in [0.29, 0.717) is 17.8 Å². The molecule has 22 heavy (non-hydrogen) atoms. The summed E-state index contributed by atoms with van der Waals surface area (Å²) in [4.78, 5) is 11.7. The van der Waals surface area contributed by atoms with E-state index >= 15 is 0 Å². The first-order chi connectivity index (χ1) is 10.3. The molecule has 5 nitrogen and oxygen atoms in total. The number of aliphatic imine (C=N–C) groups is 2. The van der Waals surface area contributed by atoms with E-state index in [1.165, 1.54) is 12.8 Å². The molecule has 0 aromatic heterocycles. The number of ether oxygens (including phenoxy) is 1. The Morgan fingerprint density at radius 1 is 1.45 bits per heavy atom. The molecule has 0 amide bonds. The maximum atomic E-state index is 5.99. The lowest BCUT2D eigenvalue weighted by Crippen LogP contribution is -2.70. The highest BCUT2D eigenvalue weighted by Crippen LogP contribution is 2.51. The van der Waals surface area contributed by atoms with Gasteiger partial charge in [0.1, 0.15) is 0 Å². The van der Waals surface area contributed by atoms with Crippen LogP contribution in [0.2, 0.25) is 0 Å². The largest absolute Gasteiger partial charge is 0.357 e. The summed E-state index contributed by atoms with van der Waals surface area (Å²) < 4.78 is 5.99. The highest BCUT2D eigenvalue weighted by Gasteiger charge is 2.57. The van der Waals surface area contributed by atoms with Gasteiger partial charge in [-0.2, -0.15) is 0 Å². The van der Waals surface area contributed by atoms with Crippen LogP contribution < -0.4 is 5.32 Å². The van der Waals surface area contributed by atoms with Crippen LogP contribution in [0.1, 0.15) is 54.4 Å². The first-order valence-electron chi connectivity index (χ1n) is 8.53. The molecule has 1 saturated carbocycles. The Bertz CT molecular complexity index is 455. The fraction of sp³-hybridized carbons (Fsp3) is 0.882. The molecule has 1 aliphatic heterocycles. The molecule has 0 bridgehead atoms. The van der Waals surface area contributed by atoms with Gasteiger partial charge in [0, 0.05) is 19.2 Å². The van der Waals surface area contributed by atoms with Crippen molar-refractivity contribution in [3.63, 3.8) is 0 Å². The molecule has 5 heteroatoms. The molecule has 4 atom stereocenters. The van der Waals surface area contributed by atoms with E-state index < -0.39 is 5.72 Å². The molecular formula is C17H32N4O. The number of guanidine groups is 1. The minimum Gasteiger partial charge on any atom is -0.357 e. The first-order valence-corrected chi connectivity index (χ1v) is 8.53. The van der Waals surface area contributed by atoms with Crippen molar-refractivity contribution in [2.45, 2.75) is 71.7 Å². The van der Waals surface area contributed by atoms with Crippen LogP contribution in [0, 0.1) is 11.8 Å². The fourth-order valence-corrected chi connectivity index (χ4v) is 4.03. The number of methoxy groups -OCH3 is 1. The lowest BCUT2D eigenvalue weighted by molar-refractivity contribution is -0.183. The third-order valence-corrected chi connectivity index (χ3v) is 5.89. The van der Waals surface area contributed by atoms with Gasteiger partial charge in [-0.15, -0.1) is 0 Å². The van der Waals surface area contributed by atoms with Gasteiger partial charge in [-0.3, -0.25) is 0 Å². The van der Waals surface area contributed by atoms with Gasteiger partial charge in [0.2, 0.25) is 5.96 Å². The molecule has 1 heterocycles. The summed E-state index contributed by atoms with van der Waals surface area (Å²) in [5.74, 6) is 1.86. The summed E-state index contributed by atoms with van der Waals surface area (Å²) >= 11 is 0. The average Bonchev–Trinajstić information content (AvgIpc) is 2.58. The molecule has 126 valence electrons. The van der Waals surface area contributed by atoms with Crippen LogP contribution in [-0.4, -0.2) is 48.2 Å². The van der Waals surface area contributed by atoms with E-state index in [0.717, 1.165) is 6.54 Å². The Labute approximate surface area is 135 Å². The minimum absolute atomic E-state index is 0.00234. The van der Waals surface area contributed by atoms with Crippen LogP contribution in [0.15, 0.2) is 9.98 Å². The van der Waals surface area contributed by atoms with Crippen LogP contribution in [0.3, 0.4) is 0 Å². The smallest absolute Gasteiger partial charge is 0.219 e. The summed E-state index contributed by atoms with van der Waals surface area (Å²) in [6, 6.07) is -0.00234. The van der Waals surface area contributed by atoms with Crippen LogP contribution in [0.25, 0.3) is 0 Å². The van der Waals surface area contributed by atoms with E-state index in [2.05, 4.69) is 56.8 Å². The second-order valence-electron chi connectivity index (χ2n) is 7.12. The Hall–Kier alpha value is -1.10. The van der Waals surface area contributed by atoms with Crippen molar-refractivity contribution < 1.29 is 4.74 Å². The van der Waals surface area contributed by atoms with Crippen LogP contribution in [0.5, 0.6) is 0 Å². The van der Waals surface area contributed by atoms with E-state index in [-0.39, 0.29) is 11.6 Å². The van der Waals surface area contributed by atoms with E-state index in [4.69, 9.17) is 9.73 Å².